The number of fused-ring (bicyclic) bond motifs is 13. The van der Waals surface area contributed by atoms with Crippen molar-refractivity contribution in [3.8, 4) is 11.1 Å². The van der Waals surface area contributed by atoms with Crippen LogP contribution in [0.1, 0.15) is 0 Å². The van der Waals surface area contributed by atoms with Gasteiger partial charge in [-0.1, -0.05) is 158 Å². The van der Waals surface area contributed by atoms with Crippen molar-refractivity contribution in [3.05, 3.63) is 200 Å². The van der Waals surface area contributed by atoms with E-state index in [0.717, 1.165) is 81.6 Å². The van der Waals surface area contributed by atoms with Crippen LogP contribution in [0.2, 0.25) is 0 Å². The lowest BCUT2D eigenvalue weighted by molar-refractivity contribution is 0.592. The van der Waals surface area contributed by atoms with Crippen LogP contribution in [0.3, 0.4) is 0 Å². The lowest BCUT2D eigenvalue weighted by Gasteiger charge is -2.22. The van der Waals surface area contributed by atoms with E-state index in [9.17, 15) is 0 Å². The molecule has 0 N–H and O–H groups in total. The van der Waals surface area contributed by atoms with Gasteiger partial charge in [0.1, 0.15) is 5.65 Å². The fraction of sp³-hybridized carbons (Fsp3) is 0. The molecule has 12 rings (SSSR count). The maximum atomic E-state index is 15.9. The molecule has 0 aliphatic carbocycles. The lowest BCUT2D eigenvalue weighted by atomic mass is 9.96. The molecule has 4 heteroatoms. The van der Waals surface area contributed by atoms with Crippen molar-refractivity contribution in [2.45, 2.75) is 0 Å². The molecule has 0 radical (unpaired) electrons. The van der Waals surface area contributed by atoms with E-state index >= 15 is 4.57 Å². The van der Waals surface area contributed by atoms with Crippen molar-refractivity contribution in [3.63, 3.8) is 0 Å². The minimum atomic E-state index is -3.27. The van der Waals surface area contributed by atoms with Crippen LogP contribution in [0.4, 0.5) is 0 Å². The Bertz CT molecular complexity index is 3610. The van der Waals surface area contributed by atoms with Gasteiger partial charge in [-0.3, -0.25) is 4.40 Å². The molecule has 0 amide bonds. The number of imidazole rings is 1. The quantitative estimate of drug-likeness (QED) is 0.133. The Morgan fingerprint density at radius 2 is 0.860 bits per heavy atom. The number of hydrogen-bond acceptors (Lipinski definition) is 2. The van der Waals surface area contributed by atoms with Crippen LogP contribution < -0.4 is 15.9 Å². The number of pyridine rings is 1. The van der Waals surface area contributed by atoms with Gasteiger partial charge in [0, 0.05) is 26.7 Å². The molecule has 266 valence electrons. The van der Waals surface area contributed by atoms with Gasteiger partial charge in [0.2, 0.25) is 0 Å². The molecule has 2 aromatic heterocycles. The van der Waals surface area contributed by atoms with Crippen LogP contribution in [0, 0.1) is 0 Å². The second-order valence-electron chi connectivity index (χ2n) is 15.1. The molecule has 0 spiro atoms. The highest BCUT2D eigenvalue weighted by Crippen LogP contribution is 2.45. The first kappa shape index (κ1) is 32.2. The molecule has 3 nitrogen and oxygen atoms in total. The van der Waals surface area contributed by atoms with Gasteiger partial charge in [0.15, 0.2) is 7.14 Å². The van der Waals surface area contributed by atoms with Crippen LogP contribution in [-0.2, 0) is 4.57 Å². The molecular formula is C53H33N2OP. The van der Waals surface area contributed by atoms with Crippen LogP contribution in [0.5, 0.6) is 0 Å². The van der Waals surface area contributed by atoms with Crippen LogP contribution in [0.15, 0.2) is 200 Å². The van der Waals surface area contributed by atoms with E-state index in [4.69, 9.17) is 4.98 Å². The van der Waals surface area contributed by atoms with E-state index in [1.807, 2.05) is 24.3 Å². The third kappa shape index (κ3) is 4.86. The number of benzene rings is 10. The van der Waals surface area contributed by atoms with E-state index < -0.39 is 7.14 Å². The van der Waals surface area contributed by atoms with Crippen LogP contribution in [0.25, 0.3) is 92.6 Å². The molecule has 0 atom stereocenters. The minimum absolute atomic E-state index is 0.827. The van der Waals surface area contributed by atoms with E-state index in [0.29, 0.717) is 0 Å². The summed E-state index contributed by atoms with van der Waals surface area (Å²) >= 11 is 0. The molecule has 0 aliphatic heterocycles. The zero-order valence-electron chi connectivity index (χ0n) is 30.8. The average Bonchev–Trinajstić information content (AvgIpc) is 3.67. The number of nitrogens with zero attached hydrogens (tertiary/aromatic N) is 2. The van der Waals surface area contributed by atoms with Crippen molar-refractivity contribution in [2.75, 3.05) is 0 Å². The third-order valence-corrected chi connectivity index (χ3v) is 15.0. The summed E-state index contributed by atoms with van der Waals surface area (Å²) in [5, 5.41) is 15.1. The van der Waals surface area contributed by atoms with E-state index in [2.05, 4.69) is 180 Å². The van der Waals surface area contributed by atoms with Gasteiger partial charge in [-0.15, -0.1) is 0 Å². The van der Waals surface area contributed by atoms with Gasteiger partial charge in [-0.05, 0) is 102 Å². The summed E-state index contributed by atoms with van der Waals surface area (Å²) in [5.41, 5.74) is 6.43. The normalized spacial score (nSPS) is 12.3. The third-order valence-electron chi connectivity index (χ3n) is 12.0. The summed E-state index contributed by atoms with van der Waals surface area (Å²) in [4.78, 5) is 5.23. The zero-order chi connectivity index (χ0) is 37.7. The van der Waals surface area contributed by atoms with Crippen molar-refractivity contribution in [1.29, 1.82) is 0 Å². The smallest absolute Gasteiger partial charge is 0.171 e. The van der Waals surface area contributed by atoms with E-state index in [-0.39, 0.29) is 0 Å². The predicted molar refractivity (Wildman–Crippen MR) is 243 cm³/mol. The predicted octanol–water partition coefficient (Wildman–Crippen LogP) is 12.7. The molecular weight excluding hydrogens is 712 g/mol. The summed E-state index contributed by atoms with van der Waals surface area (Å²) < 4.78 is 18.2. The van der Waals surface area contributed by atoms with E-state index in [1.165, 1.54) is 26.9 Å². The van der Waals surface area contributed by atoms with Crippen LogP contribution >= 0.6 is 7.14 Å². The molecule has 0 bridgehead atoms. The molecule has 2 heterocycles. The highest BCUT2D eigenvalue weighted by molar-refractivity contribution is 7.85. The van der Waals surface area contributed by atoms with Gasteiger partial charge >= 0.3 is 0 Å². The van der Waals surface area contributed by atoms with E-state index in [1.54, 1.807) is 0 Å². The maximum Gasteiger partial charge on any atom is 0.171 e. The van der Waals surface area contributed by atoms with Gasteiger partial charge in [0.05, 0.1) is 16.6 Å². The van der Waals surface area contributed by atoms with Crippen molar-refractivity contribution in [1.82, 2.24) is 9.38 Å². The summed E-state index contributed by atoms with van der Waals surface area (Å²) in [5.74, 6) is 0. The Hall–Kier alpha value is -7.06. The minimum Gasteiger partial charge on any atom is -0.309 e. The topological polar surface area (TPSA) is 34.4 Å². The largest absolute Gasteiger partial charge is 0.309 e. The maximum absolute atomic E-state index is 15.9. The first-order valence-corrected chi connectivity index (χ1v) is 21.1. The summed E-state index contributed by atoms with van der Waals surface area (Å²) in [6, 6.07) is 70.4. The first-order chi connectivity index (χ1) is 28.1. The molecule has 57 heavy (non-hydrogen) atoms. The standard InChI is InChI=1S/C53H33N2OP/c56-57(43-24-19-34-9-1-3-12-37(34)30-43,44-25-20-35-10-2-4-13-38(35)31-44)45-26-21-40-29-39(17-18-41(40)32-45)42-23-27-47-48-28-22-36-11-5-6-14-46(36)52(48)53-54-49-15-7-8-16-50(49)55(53)51(47)33-42/h1-33H. The molecule has 0 unspecified atom stereocenters. The highest BCUT2D eigenvalue weighted by Gasteiger charge is 2.31. The number of rotatable bonds is 4. The van der Waals surface area contributed by atoms with Gasteiger partial charge < -0.3 is 4.57 Å². The summed E-state index contributed by atoms with van der Waals surface area (Å²) in [6.07, 6.45) is 0. The molecule has 0 fully saturated rings. The van der Waals surface area contributed by atoms with Gasteiger partial charge in [-0.25, -0.2) is 4.98 Å². The first-order valence-electron chi connectivity index (χ1n) is 19.4. The fourth-order valence-electron chi connectivity index (χ4n) is 9.10. The van der Waals surface area contributed by atoms with Crippen molar-refractivity contribution in [2.24, 2.45) is 0 Å². The zero-order valence-corrected chi connectivity index (χ0v) is 31.7. The molecule has 0 aliphatic rings. The summed E-state index contributed by atoms with van der Waals surface area (Å²) in [6.45, 7) is 0. The molecule has 10 aromatic carbocycles. The van der Waals surface area contributed by atoms with Gasteiger partial charge in [0.25, 0.3) is 0 Å². The van der Waals surface area contributed by atoms with Crippen LogP contribution in [-0.4, -0.2) is 9.38 Å². The SMILES string of the molecule is O=P(c1ccc2ccccc2c1)(c1ccc2ccccc2c1)c1ccc2cc(-c3ccc4c5ccc6ccccc6c5c5nc6ccccc6n5c4c3)ccc2c1. The van der Waals surface area contributed by atoms with Crippen molar-refractivity contribution < 1.29 is 4.57 Å². The monoisotopic (exact) mass is 744 g/mol. The Kier molecular flexibility index (Phi) is 6.90. The highest BCUT2D eigenvalue weighted by atomic mass is 31.2. The number of hydrogen-bond donors (Lipinski definition) is 0. The lowest BCUT2D eigenvalue weighted by Crippen LogP contribution is -2.25. The second kappa shape index (κ2) is 12.2. The molecule has 12 aromatic rings. The Morgan fingerprint density at radius 1 is 0.368 bits per heavy atom. The number of para-hydroxylation sites is 2. The van der Waals surface area contributed by atoms with Crippen molar-refractivity contribution >= 4 is 105 Å². The van der Waals surface area contributed by atoms with Gasteiger partial charge in [-0.2, -0.15) is 0 Å². The fourth-order valence-corrected chi connectivity index (χ4v) is 11.8. The Balaban J connectivity index is 1.03. The molecule has 0 saturated heterocycles. The number of aromatic nitrogens is 2. The molecule has 0 saturated carbocycles. The Labute approximate surface area is 328 Å². The second-order valence-corrected chi connectivity index (χ2v) is 17.9. The summed E-state index contributed by atoms with van der Waals surface area (Å²) in [7, 11) is -3.27. The average molecular weight is 745 g/mol. The Morgan fingerprint density at radius 3 is 1.58 bits per heavy atom.